The molecule has 126 valence electrons. The van der Waals surface area contributed by atoms with Gasteiger partial charge in [-0.3, -0.25) is 4.79 Å². The van der Waals surface area contributed by atoms with E-state index in [1.807, 2.05) is 0 Å². The van der Waals surface area contributed by atoms with Crippen molar-refractivity contribution in [3.05, 3.63) is 29.8 Å². The minimum absolute atomic E-state index is 0.0852. The van der Waals surface area contributed by atoms with Crippen LogP contribution in [0.2, 0.25) is 0 Å². The predicted octanol–water partition coefficient (Wildman–Crippen LogP) is 2.20. The molecule has 1 aliphatic heterocycles. The minimum Gasteiger partial charge on any atom is -0.481 e. The number of hydrogen-bond acceptors (Lipinski definition) is 3. The van der Waals surface area contributed by atoms with Crippen molar-refractivity contribution in [1.29, 1.82) is 0 Å². The number of nitrogens with zero attached hydrogens (tertiary/aromatic N) is 1. The van der Waals surface area contributed by atoms with Gasteiger partial charge in [0.25, 0.3) is 0 Å². The van der Waals surface area contributed by atoms with Crippen molar-refractivity contribution in [2.45, 2.75) is 19.3 Å². The normalized spacial score (nSPS) is 17.9. The highest BCUT2D eigenvalue weighted by Crippen LogP contribution is 2.26. The Morgan fingerprint density at radius 2 is 2.04 bits per heavy atom. The number of nitrogens with one attached hydrogen (secondary N) is 1. The van der Waals surface area contributed by atoms with Crippen LogP contribution < -0.4 is 10.1 Å². The van der Waals surface area contributed by atoms with E-state index in [0.717, 1.165) is 6.07 Å². The molecule has 0 aromatic heterocycles. The highest BCUT2D eigenvalue weighted by atomic mass is 19.4. The quantitative estimate of drug-likeness (QED) is 0.886. The molecule has 1 fully saturated rings. The summed E-state index contributed by atoms with van der Waals surface area (Å²) < 4.78 is 40.8. The molecule has 0 radical (unpaired) electrons. The van der Waals surface area contributed by atoms with Gasteiger partial charge >= 0.3 is 18.4 Å². The number of rotatable bonds is 4. The first-order valence-corrected chi connectivity index (χ1v) is 6.85. The first-order valence-electron chi connectivity index (χ1n) is 6.85. The molecule has 23 heavy (non-hydrogen) atoms. The van der Waals surface area contributed by atoms with Crippen molar-refractivity contribution in [3.63, 3.8) is 0 Å². The standard InChI is InChI=1S/C14H15F3N2O4/c15-14(16,17)23-11-4-2-1-3-9(11)7-18-13(22)19-6-5-10(8-19)12(20)21/h1-4,10H,5-8H2,(H,18,22)(H,20,21). The number of carboxylic acid groups (broad SMARTS) is 1. The van der Waals surface area contributed by atoms with Gasteiger partial charge in [-0.2, -0.15) is 0 Å². The van der Waals surface area contributed by atoms with Crippen LogP contribution in [0.4, 0.5) is 18.0 Å². The van der Waals surface area contributed by atoms with Crippen molar-refractivity contribution in [3.8, 4) is 5.75 Å². The fourth-order valence-corrected chi connectivity index (χ4v) is 2.30. The lowest BCUT2D eigenvalue weighted by atomic mass is 10.1. The van der Waals surface area contributed by atoms with E-state index >= 15 is 0 Å². The molecule has 1 heterocycles. The van der Waals surface area contributed by atoms with E-state index in [9.17, 15) is 22.8 Å². The molecule has 9 heteroatoms. The smallest absolute Gasteiger partial charge is 0.481 e. The van der Waals surface area contributed by atoms with Crippen LogP contribution in [-0.2, 0) is 11.3 Å². The number of ether oxygens (including phenoxy) is 1. The second-order valence-corrected chi connectivity index (χ2v) is 5.08. The van der Waals surface area contributed by atoms with Gasteiger partial charge in [0.15, 0.2) is 0 Å². The molecule has 1 aliphatic rings. The summed E-state index contributed by atoms with van der Waals surface area (Å²) in [5.74, 6) is -1.96. The third-order valence-electron chi connectivity index (χ3n) is 3.45. The van der Waals surface area contributed by atoms with Crippen molar-refractivity contribution < 1.29 is 32.6 Å². The van der Waals surface area contributed by atoms with E-state index in [0.29, 0.717) is 13.0 Å². The SMILES string of the molecule is O=C(O)C1CCN(C(=O)NCc2ccccc2OC(F)(F)F)C1. The van der Waals surface area contributed by atoms with Crippen LogP contribution in [-0.4, -0.2) is 41.5 Å². The molecule has 0 spiro atoms. The molecular formula is C14H15F3N2O4. The van der Waals surface area contributed by atoms with Gasteiger partial charge in [-0.1, -0.05) is 18.2 Å². The second-order valence-electron chi connectivity index (χ2n) is 5.08. The summed E-state index contributed by atoms with van der Waals surface area (Å²) >= 11 is 0. The van der Waals surface area contributed by atoms with E-state index < -0.39 is 24.3 Å². The van der Waals surface area contributed by atoms with E-state index in [1.54, 1.807) is 0 Å². The molecule has 1 unspecified atom stereocenters. The van der Waals surface area contributed by atoms with Crippen LogP contribution in [0.1, 0.15) is 12.0 Å². The Morgan fingerprint density at radius 1 is 1.35 bits per heavy atom. The summed E-state index contributed by atoms with van der Waals surface area (Å²) in [4.78, 5) is 24.1. The number of carbonyl (C=O) groups excluding carboxylic acids is 1. The van der Waals surface area contributed by atoms with Gasteiger partial charge in [-0.25, -0.2) is 4.79 Å². The Labute approximate surface area is 129 Å². The Morgan fingerprint density at radius 3 is 2.65 bits per heavy atom. The third-order valence-corrected chi connectivity index (χ3v) is 3.45. The van der Waals surface area contributed by atoms with Gasteiger partial charge in [0.2, 0.25) is 0 Å². The number of likely N-dealkylation sites (tertiary alicyclic amines) is 1. The summed E-state index contributed by atoms with van der Waals surface area (Å²) in [5, 5.41) is 11.4. The topological polar surface area (TPSA) is 78.9 Å². The highest BCUT2D eigenvalue weighted by Gasteiger charge is 2.33. The number of benzene rings is 1. The van der Waals surface area contributed by atoms with Crippen molar-refractivity contribution in [1.82, 2.24) is 10.2 Å². The molecular weight excluding hydrogens is 317 g/mol. The molecule has 2 N–H and O–H groups in total. The lowest BCUT2D eigenvalue weighted by Crippen LogP contribution is -2.38. The maximum atomic E-state index is 12.3. The van der Waals surface area contributed by atoms with Crippen molar-refractivity contribution in [2.24, 2.45) is 5.92 Å². The number of carboxylic acids is 1. The molecule has 0 bridgehead atoms. The van der Waals surface area contributed by atoms with Crippen LogP contribution in [0, 0.1) is 5.92 Å². The van der Waals surface area contributed by atoms with E-state index in [2.05, 4.69) is 10.1 Å². The summed E-state index contributed by atoms with van der Waals surface area (Å²) in [7, 11) is 0. The molecule has 0 aliphatic carbocycles. The number of amides is 2. The zero-order valence-corrected chi connectivity index (χ0v) is 12.0. The number of halogens is 3. The van der Waals surface area contributed by atoms with Gasteiger partial charge in [-0.05, 0) is 12.5 Å². The van der Waals surface area contributed by atoms with Gasteiger partial charge in [-0.15, -0.1) is 13.2 Å². The van der Waals surface area contributed by atoms with E-state index in [-0.39, 0.29) is 24.4 Å². The lowest BCUT2D eigenvalue weighted by Gasteiger charge is -2.18. The third kappa shape index (κ3) is 4.76. The molecule has 1 saturated heterocycles. The molecule has 1 aromatic carbocycles. The molecule has 1 aromatic rings. The fraction of sp³-hybridized carbons (Fsp3) is 0.429. The lowest BCUT2D eigenvalue weighted by molar-refractivity contribution is -0.274. The second kappa shape index (κ2) is 6.76. The van der Waals surface area contributed by atoms with Crippen LogP contribution >= 0.6 is 0 Å². The first-order chi connectivity index (χ1) is 10.8. The monoisotopic (exact) mass is 332 g/mol. The Kier molecular flexibility index (Phi) is 4.97. The number of urea groups is 1. The van der Waals surface area contributed by atoms with Gasteiger partial charge < -0.3 is 20.1 Å². The molecule has 2 amide bonds. The Balaban J connectivity index is 1.94. The first kappa shape index (κ1) is 16.9. The number of alkyl halides is 3. The van der Waals surface area contributed by atoms with Gasteiger partial charge in [0.1, 0.15) is 5.75 Å². The molecule has 1 atom stereocenters. The van der Waals surface area contributed by atoms with Crippen LogP contribution in [0.25, 0.3) is 0 Å². The Hall–Kier alpha value is -2.45. The predicted molar refractivity (Wildman–Crippen MR) is 72.7 cm³/mol. The molecule has 6 nitrogen and oxygen atoms in total. The van der Waals surface area contributed by atoms with Gasteiger partial charge in [0.05, 0.1) is 5.92 Å². The van der Waals surface area contributed by atoms with Crippen molar-refractivity contribution >= 4 is 12.0 Å². The Bertz CT molecular complexity index is 592. The average molecular weight is 332 g/mol. The zero-order valence-electron chi connectivity index (χ0n) is 12.0. The summed E-state index contributed by atoms with van der Waals surface area (Å²) in [6.45, 7) is 0.227. The number of aliphatic carboxylic acids is 1. The number of para-hydroxylation sites is 1. The average Bonchev–Trinajstić information content (AvgIpc) is 2.94. The zero-order chi connectivity index (χ0) is 17.0. The number of carbonyl (C=O) groups is 2. The summed E-state index contributed by atoms with van der Waals surface area (Å²) in [6, 6.07) is 4.97. The highest BCUT2D eigenvalue weighted by molar-refractivity contribution is 5.77. The number of hydrogen-bond donors (Lipinski definition) is 2. The molecule has 2 rings (SSSR count). The van der Waals surface area contributed by atoms with E-state index in [1.165, 1.54) is 23.1 Å². The summed E-state index contributed by atoms with van der Waals surface area (Å²) in [6.07, 6.45) is -4.46. The van der Waals surface area contributed by atoms with Crippen LogP contribution in [0.5, 0.6) is 5.75 Å². The van der Waals surface area contributed by atoms with Crippen LogP contribution in [0.3, 0.4) is 0 Å². The minimum atomic E-state index is -4.82. The molecule has 0 saturated carbocycles. The van der Waals surface area contributed by atoms with Gasteiger partial charge in [0, 0.05) is 25.2 Å². The maximum Gasteiger partial charge on any atom is 0.573 e. The largest absolute Gasteiger partial charge is 0.573 e. The van der Waals surface area contributed by atoms with Crippen molar-refractivity contribution in [2.75, 3.05) is 13.1 Å². The maximum absolute atomic E-state index is 12.3. The van der Waals surface area contributed by atoms with E-state index in [4.69, 9.17) is 5.11 Å². The summed E-state index contributed by atoms with van der Waals surface area (Å²) in [5.41, 5.74) is 0.173. The fourth-order valence-electron chi connectivity index (χ4n) is 2.30. The van der Waals surface area contributed by atoms with Crippen LogP contribution in [0.15, 0.2) is 24.3 Å².